The number of benzene rings is 1. The van der Waals surface area contributed by atoms with Crippen LogP contribution in [0.25, 0.3) is 0 Å². The molecule has 0 aromatic heterocycles. The molecule has 1 unspecified atom stereocenters. The Morgan fingerprint density at radius 3 is 2.24 bits per heavy atom. The van der Waals surface area contributed by atoms with Crippen molar-refractivity contribution in [3.63, 3.8) is 0 Å². The lowest BCUT2D eigenvalue weighted by molar-refractivity contribution is -0.134. The van der Waals surface area contributed by atoms with E-state index in [9.17, 15) is 9.59 Å². The Morgan fingerprint density at radius 1 is 1.14 bits per heavy atom. The Labute approximate surface area is 181 Å². The van der Waals surface area contributed by atoms with E-state index in [2.05, 4.69) is 19.2 Å². The molecule has 1 heterocycles. The van der Waals surface area contributed by atoms with Crippen molar-refractivity contribution >= 4 is 24.2 Å². The van der Waals surface area contributed by atoms with E-state index in [1.165, 1.54) is 6.42 Å². The molecule has 29 heavy (non-hydrogen) atoms. The van der Waals surface area contributed by atoms with Gasteiger partial charge in [-0.15, -0.1) is 12.4 Å². The van der Waals surface area contributed by atoms with Crippen LogP contribution in [0.1, 0.15) is 61.0 Å². The first-order chi connectivity index (χ1) is 13.3. The van der Waals surface area contributed by atoms with Crippen LogP contribution in [0.2, 0.25) is 0 Å². The van der Waals surface area contributed by atoms with Crippen molar-refractivity contribution in [2.45, 2.75) is 59.4 Å². The van der Waals surface area contributed by atoms with E-state index in [0.717, 1.165) is 43.5 Å². The first-order valence-electron chi connectivity index (χ1n) is 10.3. The van der Waals surface area contributed by atoms with Crippen LogP contribution in [0.5, 0.6) is 5.75 Å². The molecule has 1 aromatic rings. The van der Waals surface area contributed by atoms with E-state index in [0.29, 0.717) is 23.8 Å². The van der Waals surface area contributed by atoms with Crippen LogP contribution in [0.15, 0.2) is 12.1 Å². The van der Waals surface area contributed by atoms with E-state index in [1.54, 1.807) is 0 Å². The second-order valence-electron chi connectivity index (χ2n) is 8.20. The number of hydrogen-bond donors (Lipinski definition) is 2. The van der Waals surface area contributed by atoms with Crippen LogP contribution < -0.4 is 15.8 Å². The van der Waals surface area contributed by atoms with Crippen molar-refractivity contribution in [3.05, 3.63) is 28.8 Å². The Hall–Kier alpha value is -1.79. The van der Waals surface area contributed by atoms with Crippen LogP contribution >= 0.6 is 12.4 Å². The predicted molar refractivity (Wildman–Crippen MR) is 119 cm³/mol. The largest absolute Gasteiger partial charge is 0.483 e. The number of nitrogens with two attached hydrogens (primary N) is 1. The van der Waals surface area contributed by atoms with E-state index < -0.39 is 0 Å². The van der Waals surface area contributed by atoms with Gasteiger partial charge in [0.2, 0.25) is 0 Å². The number of carbonyl (C=O) groups is 2. The molecular formula is C22H36ClN3O3. The first-order valence-corrected chi connectivity index (χ1v) is 10.3. The van der Waals surface area contributed by atoms with E-state index in [1.807, 2.05) is 30.9 Å². The molecule has 6 nitrogen and oxygen atoms in total. The van der Waals surface area contributed by atoms with Gasteiger partial charge in [-0.1, -0.05) is 13.8 Å². The van der Waals surface area contributed by atoms with Crippen LogP contribution in [0, 0.1) is 19.8 Å². The summed E-state index contributed by atoms with van der Waals surface area (Å²) in [5.41, 5.74) is 8.08. The number of piperidine rings is 1. The van der Waals surface area contributed by atoms with Crippen molar-refractivity contribution in [2.24, 2.45) is 11.7 Å². The van der Waals surface area contributed by atoms with Gasteiger partial charge in [-0.3, -0.25) is 9.59 Å². The Balaban J connectivity index is 0.00000420. The van der Waals surface area contributed by atoms with E-state index in [4.69, 9.17) is 10.5 Å². The molecule has 7 heteroatoms. The van der Waals surface area contributed by atoms with Gasteiger partial charge in [0, 0.05) is 31.2 Å². The molecule has 1 fully saturated rings. The number of ether oxygens (including phenoxy) is 1. The highest BCUT2D eigenvalue weighted by atomic mass is 35.5. The average molecular weight is 426 g/mol. The molecule has 1 atom stereocenters. The molecule has 0 aliphatic carbocycles. The molecule has 1 aromatic carbocycles. The van der Waals surface area contributed by atoms with Crippen molar-refractivity contribution in [1.82, 2.24) is 10.2 Å². The minimum atomic E-state index is -0.127. The van der Waals surface area contributed by atoms with Gasteiger partial charge < -0.3 is 20.7 Å². The van der Waals surface area contributed by atoms with Gasteiger partial charge in [0.25, 0.3) is 11.8 Å². The van der Waals surface area contributed by atoms with Gasteiger partial charge in [-0.2, -0.15) is 0 Å². The van der Waals surface area contributed by atoms with Crippen molar-refractivity contribution in [3.8, 4) is 5.75 Å². The Kier molecular flexibility index (Phi) is 10.5. The molecule has 1 saturated heterocycles. The quantitative estimate of drug-likeness (QED) is 0.669. The first kappa shape index (κ1) is 25.2. The SMILES string of the molecule is Cc1cc(C(=O)NC(CN)CC(C)C)cc(C)c1OCC(=O)N1CCCCC1.Cl. The van der Waals surface area contributed by atoms with Gasteiger partial charge in [0.05, 0.1) is 0 Å². The lowest BCUT2D eigenvalue weighted by atomic mass is 10.0. The third kappa shape index (κ3) is 7.52. The maximum absolute atomic E-state index is 12.6. The molecule has 2 rings (SSSR count). The predicted octanol–water partition coefficient (Wildman–Crippen LogP) is 3.22. The normalized spacial score (nSPS) is 14.9. The zero-order valence-corrected chi connectivity index (χ0v) is 18.9. The van der Waals surface area contributed by atoms with Gasteiger partial charge >= 0.3 is 0 Å². The topological polar surface area (TPSA) is 84.7 Å². The third-order valence-electron chi connectivity index (χ3n) is 5.15. The number of rotatable bonds is 8. The zero-order valence-electron chi connectivity index (χ0n) is 18.1. The number of likely N-dealkylation sites (tertiary alicyclic amines) is 1. The number of halogens is 1. The van der Waals surface area contributed by atoms with Crippen LogP contribution in [0.4, 0.5) is 0 Å². The summed E-state index contributed by atoms with van der Waals surface area (Å²) in [7, 11) is 0. The van der Waals surface area contributed by atoms with Gasteiger partial charge in [0.15, 0.2) is 6.61 Å². The van der Waals surface area contributed by atoms with Crippen LogP contribution in [-0.2, 0) is 4.79 Å². The minimum Gasteiger partial charge on any atom is -0.483 e. The lowest BCUT2D eigenvalue weighted by Gasteiger charge is -2.27. The molecule has 3 N–H and O–H groups in total. The summed E-state index contributed by atoms with van der Waals surface area (Å²) in [5.74, 6) is 1.04. The third-order valence-corrected chi connectivity index (χ3v) is 5.15. The average Bonchev–Trinajstić information content (AvgIpc) is 2.66. The summed E-state index contributed by atoms with van der Waals surface area (Å²) >= 11 is 0. The van der Waals surface area contributed by atoms with Gasteiger partial charge in [0.1, 0.15) is 5.75 Å². The van der Waals surface area contributed by atoms with E-state index >= 15 is 0 Å². The highest BCUT2D eigenvalue weighted by Crippen LogP contribution is 2.25. The number of amides is 2. The molecule has 164 valence electrons. The lowest BCUT2D eigenvalue weighted by Crippen LogP contribution is -2.41. The van der Waals surface area contributed by atoms with E-state index in [-0.39, 0.29) is 36.9 Å². The standard InChI is InChI=1S/C22H35N3O3.ClH/c1-15(2)10-19(13-23)24-22(27)18-11-16(3)21(17(4)12-18)28-14-20(26)25-8-6-5-7-9-25;/h11-12,15,19H,5-10,13-14,23H2,1-4H3,(H,24,27);1H. The fraction of sp³-hybridized carbons (Fsp3) is 0.636. The zero-order chi connectivity index (χ0) is 20.7. The highest BCUT2D eigenvalue weighted by molar-refractivity contribution is 5.95. The summed E-state index contributed by atoms with van der Waals surface area (Å²) in [4.78, 5) is 26.8. The molecule has 1 aliphatic heterocycles. The molecule has 2 amide bonds. The summed E-state index contributed by atoms with van der Waals surface area (Å²) in [6, 6.07) is 3.59. The van der Waals surface area contributed by atoms with Gasteiger partial charge in [-0.25, -0.2) is 0 Å². The summed E-state index contributed by atoms with van der Waals surface area (Å²) < 4.78 is 5.83. The van der Waals surface area contributed by atoms with Gasteiger partial charge in [-0.05, 0) is 68.7 Å². The molecule has 0 radical (unpaired) electrons. The molecular weight excluding hydrogens is 390 g/mol. The monoisotopic (exact) mass is 425 g/mol. The van der Waals surface area contributed by atoms with Crippen molar-refractivity contribution < 1.29 is 14.3 Å². The number of carbonyl (C=O) groups excluding carboxylic acids is 2. The Bertz CT molecular complexity index is 665. The number of hydrogen-bond acceptors (Lipinski definition) is 4. The summed E-state index contributed by atoms with van der Waals surface area (Å²) in [6.45, 7) is 10.1. The van der Waals surface area contributed by atoms with Crippen LogP contribution in [-0.4, -0.2) is 49.0 Å². The molecule has 0 bridgehead atoms. The fourth-order valence-corrected chi connectivity index (χ4v) is 3.73. The maximum atomic E-state index is 12.6. The second-order valence-corrected chi connectivity index (χ2v) is 8.20. The fourth-order valence-electron chi connectivity index (χ4n) is 3.73. The van der Waals surface area contributed by atoms with Crippen molar-refractivity contribution in [1.29, 1.82) is 0 Å². The van der Waals surface area contributed by atoms with Crippen molar-refractivity contribution in [2.75, 3.05) is 26.2 Å². The second kappa shape index (κ2) is 12.0. The molecule has 1 aliphatic rings. The molecule has 0 spiro atoms. The number of aryl methyl sites for hydroxylation is 2. The molecule has 0 saturated carbocycles. The number of nitrogens with zero attached hydrogens (tertiary/aromatic N) is 1. The summed E-state index contributed by atoms with van der Waals surface area (Å²) in [6.07, 6.45) is 4.16. The summed E-state index contributed by atoms with van der Waals surface area (Å²) in [5, 5.41) is 3.02. The smallest absolute Gasteiger partial charge is 0.260 e. The Morgan fingerprint density at radius 2 is 1.72 bits per heavy atom. The maximum Gasteiger partial charge on any atom is 0.260 e. The van der Waals surface area contributed by atoms with Crippen LogP contribution in [0.3, 0.4) is 0 Å². The highest BCUT2D eigenvalue weighted by Gasteiger charge is 2.19. The minimum absolute atomic E-state index is 0. The number of nitrogens with one attached hydrogen (secondary N) is 1.